The second-order valence-corrected chi connectivity index (χ2v) is 4.13. The molecular weight excluding hydrogens is 246 g/mol. The Morgan fingerprint density at radius 2 is 1.63 bits per heavy atom. The van der Waals surface area contributed by atoms with Crippen molar-refractivity contribution in [1.82, 2.24) is 0 Å². The van der Waals surface area contributed by atoms with Gasteiger partial charge in [-0.15, -0.1) is 0 Å². The number of rotatable bonds is 2. The number of aryl methyl sites for hydroxylation is 1. The summed E-state index contributed by atoms with van der Waals surface area (Å²) < 4.78 is 0. The molecule has 5 heteroatoms. The van der Waals surface area contributed by atoms with Gasteiger partial charge in [0.1, 0.15) is 22.8 Å². The standard InChI is InChI=1S/C14H13NO4/c1-8-7-9(5-6-10(8)16)15-14(19)13-11(17)3-2-4-12(13)18/h2-7,16-18H,1H3,(H,15,19). The normalized spacial score (nSPS) is 10.2. The summed E-state index contributed by atoms with van der Waals surface area (Å²) in [5, 5.41) is 31.1. The summed E-state index contributed by atoms with van der Waals surface area (Å²) in [5.74, 6) is -1.09. The molecule has 0 aromatic heterocycles. The Hall–Kier alpha value is -2.69. The van der Waals surface area contributed by atoms with Crippen molar-refractivity contribution in [2.24, 2.45) is 0 Å². The van der Waals surface area contributed by atoms with Crippen LogP contribution in [0.4, 0.5) is 5.69 Å². The van der Waals surface area contributed by atoms with Crippen molar-refractivity contribution in [3.8, 4) is 17.2 Å². The molecule has 98 valence electrons. The minimum absolute atomic E-state index is 0.128. The average molecular weight is 259 g/mol. The Labute approximate surface area is 109 Å². The van der Waals surface area contributed by atoms with E-state index in [0.717, 1.165) is 0 Å². The lowest BCUT2D eigenvalue weighted by Crippen LogP contribution is -2.12. The molecule has 0 fully saturated rings. The molecule has 0 spiro atoms. The number of amides is 1. The average Bonchev–Trinajstić information content (AvgIpc) is 2.33. The van der Waals surface area contributed by atoms with Crippen molar-refractivity contribution in [2.75, 3.05) is 5.32 Å². The van der Waals surface area contributed by atoms with Crippen LogP contribution in [-0.2, 0) is 0 Å². The van der Waals surface area contributed by atoms with E-state index in [2.05, 4.69) is 5.32 Å². The van der Waals surface area contributed by atoms with E-state index in [1.807, 2.05) is 0 Å². The van der Waals surface area contributed by atoms with Gasteiger partial charge in [0.25, 0.3) is 5.91 Å². The predicted molar refractivity (Wildman–Crippen MR) is 70.6 cm³/mol. The highest BCUT2D eigenvalue weighted by Crippen LogP contribution is 2.28. The van der Waals surface area contributed by atoms with Crippen LogP contribution in [0.5, 0.6) is 17.2 Å². The topological polar surface area (TPSA) is 89.8 Å². The molecule has 0 saturated carbocycles. The number of carbonyl (C=O) groups is 1. The van der Waals surface area contributed by atoms with Crippen molar-refractivity contribution in [1.29, 1.82) is 0 Å². The number of anilines is 1. The van der Waals surface area contributed by atoms with Gasteiger partial charge in [0.15, 0.2) is 0 Å². The molecule has 0 radical (unpaired) electrons. The predicted octanol–water partition coefficient (Wildman–Crippen LogP) is 2.36. The fourth-order valence-electron chi connectivity index (χ4n) is 1.69. The van der Waals surface area contributed by atoms with Crippen LogP contribution in [0.1, 0.15) is 15.9 Å². The second-order valence-electron chi connectivity index (χ2n) is 4.13. The van der Waals surface area contributed by atoms with Gasteiger partial charge in [0.05, 0.1) is 0 Å². The van der Waals surface area contributed by atoms with Gasteiger partial charge >= 0.3 is 0 Å². The first kappa shape index (κ1) is 12.8. The van der Waals surface area contributed by atoms with Crippen molar-refractivity contribution in [2.45, 2.75) is 6.92 Å². The van der Waals surface area contributed by atoms with Gasteiger partial charge in [0.2, 0.25) is 0 Å². The van der Waals surface area contributed by atoms with Gasteiger partial charge in [0, 0.05) is 5.69 Å². The van der Waals surface area contributed by atoms with Crippen LogP contribution in [0.25, 0.3) is 0 Å². The molecule has 0 aliphatic carbocycles. The Morgan fingerprint density at radius 3 is 2.21 bits per heavy atom. The third kappa shape index (κ3) is 2.60. The highest BCUT2D eigenvalue weighted by molar-refractivity contribution is 6.08. The lowest BCUT2D eigenvalue weighted by atomic mass is 10.1. The maximum absolute atomic E-state index is 12.0. The van der Waals surface area contributed by atoms with Gasteiger partial charge in [-0.05, 0) is 42.8 Å². The van der Waals surface area contributed by atoms with Crippen molar-refractivity contribution >= 4 is 11.6 Å². The third-order valence-electron chi connectivity index (χ3n) is 2.70. The van der Waals surface area contributed by atoms with E-state index in [1.165, 1.54) is 30.3 Å². The molecular formula is C14H13NO4. The molecule has 2 aromatic rings. The first-order chi connectivity index (χ1) is 8.99. The minimum atomic E-state index is -0.624. The maximum Gasteiger partial charge on any atom is 0.263 e. The summed E-state index contributed by atoms with van der Waals surface area (Å²) >= 11 is 0. The highest BCUT2D eigenvalue weighted by atomic mass is 16.3. The quantitative estimate of drug-likeness (QED) is 0.623. The Morgan fingerprint density at radius 1 is 1.00 bits per heavy atom. The number of benzene rings is 2. The number of aromatic hydroxyl groups is 3. The van der Waals surface area contributed by atoms with Gasteiger partial charge in [-0.25, -0.2) is 0 Å². The van der Waals surface area contributed by atoms with Crippen LogP contribution in [0.3, 0.4) is 0 Å². The molecule has 2 aromatic carbocycles. The van der Waals surface area contributed by atoms with Crippen LogP contribution in [0.15, 0.2) is 36.4 Å². The van der Waals surface area contributed by atoms with Crippen molar-refractivity contribution < 1.29 is 20.1 Å². The Kier molecular flexibility index (Phi) is 3.29. The molecule has 2 rings (SSSR count). The molecule has 1 amide bonds. The largest absolute Gasteiger partial charge is 0.508 e. The first-order valence-corrected chi connectivity index (χ1v) is 5.61. The molecule has 0 atom stereocenters. The van der Waals surface area contributed by atoms with Gasteiger partial charge < -0.3 is 20.6 Å². The van der Waals surface area contributed by atoms with E-state index < -0.39 is 5.91 Å². The van der Waals surface area contributed by atoms with Gasteiger partial charge in [-0.3, -0.25) is 4.79 Å². The summed E-state index contributed by atoms with van der Waals surface area (Å²) in [4.78, 5) is 12.0. The molecule has 0 bridgehead atoms. The molecule has 0 aliphatic rings. The Bertz CT molecular complexity index is 617. The first-order valence-electron chi connectivity index (χ1n) is 5.61. The zero-order valence-corrected chi connectivity index (χ0v) is 10.2. The van der Waals surface area contributed by atoms with Crippen LogP contribution >= 0.6 is 0 Å². The molecule has 5 nitrogen and oxygen atoms in total. The number of phenolic OH excluding ortho intramolecular Hbond substituents is 3. The third-order valence-corrected chi connectivity index (χ3v) is 2.70. The molecule has 0 heterocycles. The van der Waals surface area contributed by atoms with Crippen LogP contribution in [-0.4, -0.2) is 21.2 Å². The molecule has 0 saturated heterocycles. The summed E-state index contributed by atoms with van der Waals surface area (Å²) in [5.41, 5.74) is 0.885. The smallest absolute Gasteiger partial charge is 0.263 e. The zero-order chi connectivity index (χ0) is 14.0. The minimum Gasteiger partial charge on any atom is -0.508 e. The maximum atomic E-state index is 12.0. The number of nitrogens with one attached hydrogen (secondary N) is 1. The number of hydrogen-bond donors (Lipinski definition) is 4. The molecule has 0 unspecified atom stereocenters. The van der Waals surface area contributed by atoms with E-state index in [9.17, 15) is 20.1 Å². The fraction of sp³-hybridized carbons (Fsp3) is 0.0714. The SMILES string of the molecule is Cc1cc(NC(=O)c2c(O)cccc2O)ccc1O. The summed E-state index contributed by atoms with van der Waals surface area (Å²) in [7, 11) is 0. The van der Waals surface area contributed by atoms with Crippen molar-refractivity contribution in [3.63, 3.8) is 0 Å². The van der Waals surface area contributed by atoms with E-state index >= 15 is 0 Å². The number of hydrogen-bond acceptors (Lipinski definition) is 4. The zero-order valence-electron chi connectivity index (χ0n) is 10.2. The van der Waals surface area contributed by atoms with E-state index in [4.69, 9.17) is 0 Å². The number of phenols is 3. The summed E-state index contributed by atoms with van der Waals surface area (Å²) in [6.45, 7) is 1.70. The van der Waals surface area contributed by atoms with Crippen LogP contribution in [0.2, 0.25) is 0 Å². The van der Waals surface area contributed by atoms with Gasteiger partial charge in [-0.2, -0.15) is 0 Å². The Balaban J connectivity index is 2.28. The van der Waals surface area contributed by atoms with Crippen LogP contribution in [0, 0.1) is 6.92 Å². The number of carbonyl (C=O) groups excluding carboxylic acids is 1. The summed E-state index contributed by atoms with van der Waals surface area (Å²) in [6.07, 6.45) is 0. The van der Waals surface area contributed by atoms with E-state index in [1.54, 1.807) is 13.0 Å². The molecule has 4 N–H and O–H groups in total. The van der Waals surface area contributed by atoms with Crippen LogP contribution < -0.4 is 5.32 Å². The van der Waals surface area contributed by atoms with E-state index in [-0.39, 0.29) is 22.8 Å². The fourth-order valence-corrected chi connectivity index (χ4v) is 1.69. The summed E-state index contributed by atoms with van der Waals surface area (Å²) in [6, 6.07) is 8.64. The van der Waals surface area contributed by atoms with Crippen molar-refractivity contribution in [3.05, 3.63) is 47.5 Å². The molecule has 19 heavy (non-hydrogen) atoms. The van der Waals surface area contributed by atoms with E-state index in [0.29, 0.717) is 11.3 Å². The highest BCUT2D eigenvalue weighted by Gasteiger charge is 2.16. The van der Waals surface area contributed by atoms with Gasteiger partial charge in [-0.1, -0.05) is 6.07 Å². The molecule has 0 aliphatic heterocycles. The lowest BCUT2D eigenvalue weighted by molar-refractivity contribution is 0.102. The second kappa shape index (κ2) is 4.89. The monoisotopic (exact) mass is 259 g/mol. The lowest BCUT2D eigenvalue weighted by Gasteiger charge is -2.09.